The molecule has 0 fully saturated rings. The summed E-state index contributed by atoms with van der Waals surface area (Å²) in [6, 6.07) is 13.1. The molecule has 0 spiro atoms. The number of halogens is 3. The van der Waals surface area contributed by atoms with E-state index >= 15 is 0 Å². The summed E-state index contributed by atoms with van der Waals surface area (Å²) in [5, 5.41) is 37.3. The maximum absolute atomic E-state index is 11.9. The Labute approximate surface area is 294 Å². The van der Waals surface area contributed by atoms with Crippen LogP contribution in [0.3, 0.4) is 0 Å². The predicted molar refractivity (Wildman–Crippen MR) is 184 cm³/mol. The summed E-state index contributed by atoms with van der Waals surface area (Å²) in [5.74, 6) is -0.349. The summed E-state index contributed by atoms with van der Waals surface area (Å²) in [6.07, 6.45) is 0. The molecule has 4 rings (SSSR count). The van der Waals surface area contributed by atoms with Gasteiger partial charge in [0.15, 0.2) is 21.7 Å². The van der Waals surface area contributed by atoms with Crippen LogP contribution in [-0.4, -0.2) is 65.7 Å². The number of aliphatic hydroxyl groups is 2. The molecule has 48 heavy (non-hydrogen) atoms. The van der Waals surface area contributed by atoms with Crippen molar-refractivity contribution >= 4 is 64.1 Å². The van der Waals surface area contributed by atoms with Crippen LogP contribution in [-0.2, 0) is 20.7 Å². The van der Waals surface area contributed by atoms with Crippen LogP contribution in [0.15, 0.2) is 48.5 Å². The average molecular weight is 726 g/mol. The fourth-order valence-corrected chi connectivity index (χ4v) is 3.84. The maximum atomic E-state index is 11.9. The zero-order chi connectivity index (χ0) is 35.4. The fourth-order valence-electron chi connectivity index (χ4n) is 3.27. The molecule has 0 aromatic carbocycles. The molecule has 0 saturated heterocycles. The molecule has 4 aromatic rings. The van der Waals surface area contributed by atoms with Crippen molar-refractivity contribution in [2.75, 3.05) is 24.3 Å². The standard InChI is InChI=1S/C15H17ClN4O3.C8H12N2O.C7H6Cl2N2O2.CH4/c1-4-23-14(21)13-9(8-11(16)19-20-13)17-12-7-5-6-10(18-12)15(2,3)22;1-8(2,11)6-4-3-5-7(9)10-6;1-2-13-7(12)6-4(8)3-5(9)10-11-6;/h5-8,22H,4H2,1-3H3,(H,17,18,19);3-5,11H,1-2H3,(H2,9,10);3H,2H2,1H3;1H4. The quantitative estimate of drug-likeness (QED) is 0.150. The molecule has 0 bridgehead atoms. The van der Waals surface area contributed by atoms with Gasteiger partial charge in [0, 0.05) is 6.07 Å². The molecular weight excluding hydrogens is 687 g/mol. The van der Waals surface area contributed by atoms with E-state index in [1.807, 2.05) is 0 Å². The van der Waals surface area contributed by atoms with Gasteiger partial charge in [0.2, 0.25) is 0 Å². The lowest BCUT2D eigenvalue weighted by molar-refractivity contribution is 0.0509. The van der Waals surface area contributed by atoms with Gasteiger partial charge in [-0.05, 0) is 71.9 Å². The van der Waals surface area contributed by atoms with Gasteiger partial charge in [-0.1, -0.05) is 54.4 Å². The summed E-state index contributed by atoms with van der Waals surface area (Å²) in [4.78, 5) is 31.3. The summed E-state index contributed by atoms with van der Waals surface area (Å²) >= 11 is 17.0. The summed E-state index contributed by atoms with van der Waals surface area (Å²) < 4.78 is 9.62. The van der Waals surface area contributed by atoms with Gasteiger partial charge in [0.25, 0.3) is 0 Å². The zero-order valence-electron chi connectivity index (χ0n) is 26.5. The predicted octanol–water partition coefficient (Wildman–Crippen LogP) is 6.16. The highest BCUT2D eigenvalue weighted by Crippen LogP contribution is 2.24. The Morgan fingerprint density at radius 2 is 1.25 bits per heavy atom. The molecule has 14 nitrogen and oxygen atoms in total. The van der Waals surface area contributed by atoms with Crippen LogP contribution < -0.4 is 11.1 Å². The third-order valence-electron chi connectivity index (χ3n) is 5.46. The second-order valence-corrected chi connectivity index (χ2v) is 11.5. The van der Waals surface area contributed by atoms with Crippen molar-refractivity contribution in [3.8, 4) is 0 Å². The highest BCUT2D eigenvalue weighted by Gasteiger charge is 2.20. The first-order chi connectivity index (χ1) is 22.0. The second-order valence-electron chi connectivity index (χ2n) is 10.3. The lowest BCUT2D eigenvalue weighted by atomic mass is 10.1. The highest BCUT2D eigenvalue weighted by atomic mass is 35.5. The Bertz CT molecular complexity index is 1670. The van der Waals surface area contributed by atoms with E-state index in [1.165, 1.54) is 12.1 Å². The number of nitrogens with zero attached hydrogens (tertiary/aromatic N) is 6. The second kappa shape index (κ2) is 19.0. The van der Waals surface area contributed by atoms with Gasteiger partial charge < -0.3 is 30.7 Å². The summed E-state index contributed by atoms with van der Waals surface area (Å²) in [6.45, 7) is 10.5. The SMILES string of the molecule is C.CC(C)(O)c1cccc(N)n1.CCOC(=O)c1nnc(Cl)cc1Cl.CCOC(=O)c1nnc(Cl)cc1Nc1cccc(C(C)(C)O)n1. The van der Waals surface area contributed by atoms with Crippen LogP contribution in [0.2, 0.25) is 15.3 Å². The first kappa shape index (κ1) is 41.8. The number of anilines is 3. The number of pyridine rings is 2. The van der Waals surface area contributed by atoms with Crippen molar-refractivity contribution in [2.24, 2.45) is 0 Å². The molecule has 4 heterocycles. The van der Waals surface area contributed by atoms with E-state index in [0.29, 0.717) is 28.7 Å². The molecule has 0 atom stereocenters. The molecule has 0 amide bonds. The Kier molecular flexibility index (Phi) is 16.5. The number of nitrogens with two attached hydrogens (primary N) is 1. The molecule has 260 valence electrons. The highest BCUT2D eigenvalue weighted by molar-refractivity contribution is 6.35. The number of aromatic nitrogens is 6. The van der Waals surface area contributed by atoms with Crippen LogP contribution in [0, 0.1) is 0 Å². The number of carbonyl (C=O) groups is 2. The molecule has 0 unspecified atom stereocenters. The number of ether oxygens (including phenoxy) is 2. The van der Waals surface area contributed by atoms with Gasteiger partial charge >= 0.3 is 11.9 Å². The van der Waals surface area contributed by atoms with Gasteiger partial charge in [-0.3, -0.25) is 0 Å². The fraction of sp³-hybridized carbons (Fsp3) is 0.355. The van der Waals surface area contributed by atoms with Gasteiger partial charge in [0.1, 0.15) is 22.8 Å². The number of hydrogen-bond donors (Lipinski definition) is 4. The molecular formula is C31H39Cl3N8O6. The van der Waals surface area contributed by atoms with E-state index < -0.39 is 23.1 Å². The monoisotopic (exact) mass is 724 g/mol. The van der Waals surface area contributed by atoms with Gasteiger partial charge in [-0.2, -0.15) is 0 Å². The Hall–Kier alpha value is -4.21. The Morgan fingerprint density at radius 1 is 0.771 bits per heavy atom. The number of rotatable bonds is 8. The zero-order valence-corrected chi connectivity index (χ0v) is 28.7. The van der Waals surface area contributed by atoms with Crippen LogP contribution in [0.5, 0.6) is 0 Å². The number of nitrogen functional groups attached to an aromatic ring is 1. The molecule has 0 radical (unpaired) electrons. The lowest BCUT2D eigenvalue weighted by Gasteiger charge is -2.17. The van der Waals surface area contributed by atoms with Crippen molar-refractivity contribution in [3.63, 3.8) is 0 Å². The van der Waals surface area contributed by atoms with E-state index in [4.69, 9.17) is 45.3 Å². The number of carbonyl (C=O) groups excluding carboxylic acids is 2. The normalized spacial score (nSPS) is 10.6. The Morgan fingerprint density at radius 3 is 1.73 bits per heavy atom. The maximum Gasteiger partial charge on any atom is 0.361 e. The minimum absolute atomic E-state index is 0. The van der Waals surface area contributed by atoms with Gasteiger partial charge in [-0.25, -0.2) is 19.6 Å². The lowest BCUT2D eigenvalue weighted by Crippen LogP contribution is -2.18. The average Bonchev–Trinajstić information content (AvgIpc) is 2.97. The summed E-state index contributed by atoms with van der Waals surface area (Å²) in [5.41, 5.74) is 4.82. The van der Waals surface area contributed by atoms with Crippen LogP contribution in [0.1, 0.15) is 81.3 Å². The third kappa shape index (κ3) is 13.5. The van der Waals surface area contributed by atoms with Crippen LogP contribution in [0.25, 0.3) is 0 Å². The molecule has 17 heteroatoms. The topological polar surface area (TPSA) is 208 Å². The molecule has 5 N–H and O–H groups in total. The number of hydrogen-bond acceptors (Lipinski definition) is 14. The molecule has 0 saturated carbocycles. The van der Waals surface area contributed by atoms with Gasteiger partial charge in [-0.15, -0.1) is 20.4 Å². The van der Waals surface area contributed by atoms with E-state index in [-0.39, 0.29) is 47.4 Å². The molecule has 4 aromatic heterocycles. The van der Waals surface area contributed by atoms with Crippen molar-refractivity contribution in [3.05, 3.63) is 86.6 Å². The minimum atomic E-state index is -1.09. The number of nitrogens with one attached hydrogen (secondary N) is 1. The minimum Gasteiger partial charge on any atom is -0.461 e. The van der Waals surface area contributed by atoms with Crippen molar-refractivity contribution in [1.82, 2.24) is 30.4 Å². The van der Waals surface area contributed by atoms with Crippen molar-refractivity contribution in [2.45, 2.75) is 60.2 Å². The Balaban J connectivity index is 0.000000391. The first-order valence-electron chi connectivity index (χ1n) is 13.9. The smallest absolute Gasteiger partial charge is 0.361 e. The first-order valence-corrected chi connectivity index (χ1v) is 15.1. The van der Waals surface area contributed by atoms with E-state index in [0.717, 1.165) is 0 Å². The van der Waals surface area contributed by atoms with Crippen LogP contribution in [0.4, 0.5) is 17.3 Å². The van der Waals surface area contributed by atoms with E-state index in [9.17, 15) is 19.8 Å². The number of esters is 2. The van der Waals surface area contributed by atoms with Crippen LogP contribution >= 0.6 is 34.8 Å². The van der Waals surface area contributed by atoms with Gasteiger partial charge in [0.05, 0.1) is 35.3 Å². The van der Waals surface area contributed by atoms with E-state index in [1.54, 1.807) is 77.9 Å². The van der Waals surface area contributed by atoms with Crippen molar-refractivity contribution in [1.29, 1.82) is 0 Å². The molecule has 0 aliphatic heterocycles. The molecule has 0 aliphatic carbocycles. The summed E-state index contributed by atoms with van der Waals surface area (Å²) in [7, 11) is 0. The van der Waals surface area contributed by atoms with Crippen molar-refractivity contribution < 1.29 is 29.3 Å². The molecule has 0 aliphatic rings. The largest absolute Gasteiger partial charge is 0.461 e. The third-order valence-corrected chi connectivity index (χ3v) is 6.11. The van der Waals surface area contributed by atoms with E-state index in [2.05, 4.69) is 40.4 Å².